The van der Waals surface area contributed by atoms with Gasteiger partial charge < -0.3 is 4.57 Å². The minimum Gasteiger partial charge on any atom is -0.330 e. The normalized spacial score (nSPS) is 10.8. The number of nitrogens with zero attached hydrogens (tertiary/aromatic N) is 2. The number of fused-ring (bicyclic) bond motifs is 1. The van der Waals surface area contributed by atoms with Gasteiger partial charge in [0.05, 0.1) is 6.54 Å². The molecule has 0 saturated carbocycles. The Labute approximate surface area is 69.6 Å². The molecule has 2 rings (SSSR count). The molecule has 0 unspecified atom stereocenters. The molecule has 0 aliphatic rings. The van der Waals surface area contributed by atoms with E-state index >= 15 is 0 Å². The van der Waals surface area contributed by atoms with Crippen molar-refractivity contribution in [1.82, 2.24) is 9.55 Å². The molecular weight excluding hydrogens is 155 g/mol. The Morgan fingerprint density at radius 3 is 3.33 bits per heavy atom. The number of alkyl halides is 1. The van der Waals surface area contributed by atoms with Crippen molar-refractivity contribution < 1.29 is 4.39 Å². The van der Waals surface area contributed by atoms with Crippen molar-refractivity contribution in [3.05, 3.63) is 30.6 Å². The van der Waals surface area contributed by atoms with E-state index in [2.05, 4.69) is 11.1 Å². The number of halogens is 1. The van der Waals surface area contributed by atoms with Gasteiger partial charge >= 0.3 is 0 Å². The van der Waals surface area contributed by atoms with Crippen molar-refractivity contribution >= 4 is 11.0 Å². The molecule has 61 valence electrons. The van der Waals surface area contributed by atoms with Crippen molar-refractivity contribution in [2.24, 2.45) is 0 Å². The van der Waals surface area contributed by atoms with Gasteiger partial charge in [0.1, 0.15) is 12.3 Å². The number of hydrogen-bond donors (Lipinski definition) is 0. The zero-order chi connectivity index (χ0) is 8.39. The summed E-state index contributed by atoms with van der Waals surface area (Å²) in [6, 6.07) is 6.66. The highest BCUT2D eigenvalue weighted by Crippen LogP contribution is 2.10. The van der Waals surface area contributed by atoms with Crippen LogP contribution in [-0.4, -0.2) is 16.2 Å². The van der Waals surface area contributed by atoms with Gasteiger partial charge in [0.25, 0.3) is 0 Å². The van der Waals surface area contributed by atoms with Crippen LogP contribution in [0.5, 0.6) is 0 Å². The van der Waals surface area contributed by atoms with Gasteiger partial charge in [-0.25, -0.2) is 9.37 Å². The predicted octanol–water partition coefficient (Wildman–Crippen LogP) is 1.81. The van der Waals surface area contributed by atoms with Gasteiger partial charge in [0, 0.05) is 17.8 Å². The van der Waals surface area contributed by atoms with Gasteiger partial charge in [-0.1, -0.05) is 0 Å². The summed E-state index contributed by atoms with van der Waals surface area (Å²) in [5.41, 5.74) is 0.801. The van der Waals surface area contributed by atoms with E-state index in [4.69, 9.17) is 0 Å². The summed E-state index contributed by atoms with van der Waals surface area (Å²) in [6.07, 6.45) is 3.49. The highest BCUT2D eigenvalue weighted by Gasteiger charge is 1.99. The summed E-state index contributed by atoms with van der Waals surface area (Å²) in [5.74, 6) is 0. The number of hydrogen-bond acceptors (Lipinski definition) is 1. The van der Waals surface area contributed by atoms with Crippen LogP contribution in [0.25, 0.3) is 11.0 Å². The fourth-order valence-corrected chi connectivity index (χ4v) is 1.23. The van der Waals surface area contributed by atoms with E-state index in [0.717, 1.165) is 11.0 Å². The molecule has 1 radical (unpaired) electrons. The van der Waals surface area contributed by atoms with Crippen molar-refractivity contribution in [3.63, 3.8) is 0 Å². The first-order valence-corrected chi connectivity index (χ1v) is 3.79. The molecule has 0 spiro atoms. The molecule has 2 nitrogen and oxygen atoms in total. The van der Waals surface area contributed by atoms with Gasteiger partial charge in [-0.05, 0) is 18.2 Å². The minimum atomic E-state index is -0.361. The maximum atomic E-state index is 12.0. The number of rotatable bonds is 2. The first-order chi connectivity index (χ1) is 5.92. The van der Waals surface area contributed by atoms with Crippen LogP contribution in [0.1, 0.15) is 0 Å². The molecule has 0 N–H and O–H groups in total. The van der Waals surface area contributed by atoms with Crippen molar-refractivity contribution in [1.29, 1.82) is 0 Å². The van der Waals surface area contributed by atoms with Gasteiger partial charge in [0.15, 0.2) is 0 Å². The Morgan fingerprint density at radius 2 is 2.50 bits per heavy atom. The predicted molar refractivity (Wildman–Crippen MR) is 44.5 cm³/mol. The van der Waals surface area contributed by atoms with Crippen LogP contribution >= 0.6 is 0 Å². The van der Waals surface area contributed by atoms with Crippen LogP contribution in [0.4, 0.5) is 4.39 Å². The zero-order valence-corrected chi connectivity index (χ0v) is 6.50. The average Bonchev–Trinajstić information content (AvgIpc) is 2.50. The second-order valence-corrected chi connectivity index (χ2v) is 2.52. The van der Waals surface area contributed by atoms with Crippen LogP contribution < -0.4 is 0 Å². The molecule has 2 aromatic rings. The highest BCUT2D eigenvalue weighted by molar-refractivity contribution is 5.74. The fraction of sp³-hybridized carbons (Fsp3) is 0.222. The fourth-order valence-electron chi connectivity index (χ4n) is 1.23. The van der Waals surface area contributed by atoms with Crippen molar-refractivity contribution in [2.75, 3.05) is 6.67 Å². The Morgan fingerprint density at radius 1 is 1.58 bits per heavy atom. The molecule has 2 aromatic heterocycles. The molecule has 0 aromatic carbocycles. The summed E-state index contributed by atoms with van der Waals surface area (Å²) in [7, 11) is 0. The number of aryl methyl sites for hydroxylation is 1. The Balaban J connectivity index is 2.55. The van der Waals surface area contributed by atoms with Gasteiger partial charge in [0.2, 0.25) is 0 Å². The van der Waals surface area contributed by atoms with Crippen LogP contribution in [0.3, 0.4) is 0 Å². The van der Waals surface area contributed by atoms with E-state index in [1.54, 1.807) is 16.8 Å². The first kappa shape index (κ1) is 7.28. The Hall–Kier alpha value is -1.38. The number of pyridine rings is 1. The molecule has 0 amide bonds. The third-order valence-electron chi connectivity index (χ3n) is 1.77. The van der Waals surface area contributed by atoms with E-state index in [9.17, 15) is 4.39 Å². The lowest BCUT2D eigenvalue weighted by Crippen LogP contribution is -1.98. The topological polar surface area (TPSA) is 17.8 Å². The van der Waals surface area contributed by atoms with Crippen molar-refractivity contribution in [3.8, 4) is 0 Å². The third kappa shape index (κ3) is 1.07. The monoisotopic (exact) mass is 163 g/mol. The maximum absolute atomic E-state index is 12.0. The second-order valence-electron chi connectivity index (χ2n) is 2.52. The molecule has 0 atom stereocenters. The van der Waals surface area contributed by atoms with E-state index in [0.29, 0.717) is 6.54 Å². The van der Waals surface area contributed by atoms with E-state index < -0.39 is 0 Å². The van der Waals surface area contributed by atoms with Crippen molar-refractivity contribution in [2.45, 2.75) is 6.54 Å². The van der Waals surface area contributed by atoms with E-state index in [1.807, 2.05) is 12.3 Å². The third-order valence-corrected chi connectivity index (χ3v) is 1.77. The minimum absolute atomic E-state index is 0.361. The molecule has 0 aliphatic carbocycles. The lowest BCUT2D eigenvalue weighted by atomic mass is 10.3. The van der Waals surface area contributed by atoms with Crippen LogP contribution in [0.15, 0.2) is 24.5 Å². The highest BCUT2D eigenvalue weighted by atomic mass is 19.1. The second kappa shape index (κ2) is 2.93. The standard InChI is InChI=1S/C9H8FN2/c10-4-7-12-6-3-8-2-1-5-11-9(8)12/h1,3,5-6H,4,7H2. The lowest BCUT2D eigenvalue weighted by molar-refractivity contribution is 0.450. The van der Waals surface area contributed by atoms with E-state index in [1.165, 1.54) is 0 Å². The summed E-state index contributed by atoms with van der Waals surface area (Å²) < 4.78 is 13.8. The average molecular weight is 163 g/mol. The molecule has 0 bridgehead atoms. The summed E-state index contributed by atoms with van der Waals surface area (Å²) in [5, 5.41) is 0.936. The first-order valence-electron chi connectivity index (χ1n) is 3.79. The molecule has 0 saturated heterocycles. The molecule has 12 heavy (non-hydrogen) atoms. The zero-order valence-electron chi connectivity index (χ0n) is 6.50. The Bertz CT molecular complexity index is 381. The number of aromatic nitrogens is 2. The van der Waals surface area contributed by atoms with E-state index in [-0.39, 0.29) is 6.67 Å². The maximum Gasteiger partial charge on any atom is 0.140 e. The Kier molecular flexibility index (Phi) is 1.78. The lowest BCUT2D eigenvalue weighted by Gasteiger charge is -1.98. The van der Waals surface area contributed by atoms with Gasteiger partial charge in [-0.2, -0.15) is 0 Å². The summed E-state index contributed by atoms with van der Waals surface area (Å²) >= 11 is 0. The van der Waals surface area contributed by atoms with Crippen LogP contribution in [-0.2, 0) is 6.54 Å². The smallest absolute Gasteiger partial charge is 0.140 e. The largest absolute Gasteiger partial charge is 0.330 e. The molecule has 3 heteroatoms. The molecule has 2 heterocycles. The summed E-state index contributed by atoms with van der Waals surface area (Å²) in [4.78, 5) is 4.12. The molecule has 0 fully saturated rings. The van der Waals surface area contributed by atoms with Gasteiger partial charge in [-0.15, -0.1) is 0 Å². The molecule has 0 aliphatic heterocycles. The van der Waals surface area contributed by atoms with Crippen LogP contribution in [0.2, 0.25) is 0 Å². The summed E-state index contributed by atoms with van der Waals surface area (Å²) in [6.45, 7) is 0.00864. The quantitative estimate of drug-likeness (QED) is 0.660. The SMILES string of the molecule is FCCn1ccc2[c]ccnc21. The molecular formula is C9H8FN2. The van der Waals surface area contributed by atoms with Crippen LogP contribution in [0, 0.1) is 6.07 Å². The van der Waals surface area contributed by atoms with Gasteiger partial charge in [-0.3, -0.25) is 0 Å².